The van der Waals surface area contributed by atoms with E-state index in [1.54, 1.807) is 0 Å². The van der Waals surface area contributed by atoms with Crippen LogP contribution in [0.2, 0.25) is 0 Å². The summed E-state index contributed by atoms with van der Waals surface area (Å²) in [5, 5.41) is 7.87. The first-order chi connectivity index (χ1) is 6.65. The van der Waals surface area contributed by atoms with Crippen LogP contribution in [0.1, 0.15) is 19.8 Å². The second kappa shape index (κ2) is 3.77. The molecule has 0 spiro atoms. The number of rotatable bonds is 0. The molecule has 0 radical (unpaired) electrons. The van der Waals surface area contributed by atoms with E-state index in [4.69, 9.17) is 0 Å². The van der Waals surface area contributed by atoms with Gasteiger partial charge < -0.3 is 0 Å². The number of nitrogens with zero attached hydrogens (tertiary/aromatic N) is 2. The zero-order valence-electron chi connectivity index (χ0n) is 7.80. The molecule has 1 unspecified atom stereocenters. The maximum absolute atomic E-state index is 13.5. The Kier molecular flexibility index (Phi) is 2.63. The highest BCUT2D eigenvalue weighted by Crippen LogP contribution is 2.28. The second-order valence-corrected chi connectivity index (χ2v) is 4.51. The Balaban J connectivity index is 2.43. The Morgan fingerprint density at radius 2 is 2.21 bits per heavy atom. The van der Waals surface area contributed by atoms with Crippen molar-refractivity contribution in [1.82, 2.24) is 0 Å². The van der Waals surface area contributed by atoms with Gasteiger partial charge in [0, 0.05) is 16.6 Å². The number of hydrogen-bond donors (Lipinski definition) is 0. The van der Waals surface area contributed by atoms with Crippen LogP contribution in [0.5, 0.6) is 0 Å². The molecule has 4 heteroatoms. The largest absolute Gasteiger partial charge is 0.205 e. The monoisotopic (exact) mass is 256 g/mol. The highest BCUT2D eigenvalue weighted by atomic mass is 79.9. The number of halogens is 2. The predicted octanol–water partition coefficient (Wildman–Crippen LogP) is 3.36. The molecule has 2 rings (SSSR count). The van der Waals surface area contributed by atoms with Gasteiger partial charge in [-0.15, -0.1) is 0 Å². The minimum atomic E-state index is -0.283. The third-order valence-electron chi connectivity index (χ3n) is 2.29. The zero-order valence-corrected chi connectivity index (χ0v) is 9.38. The Morgan fingerprint density at radius 1 is 1.43 bits per heavy atom. The van der Waals surface area contributed by atoms with E-state index < -0.39 is 0 Å². The van der Waals surface area contributed by atoms with Gasteiger partial charge in [0.1, 0.15) is 5.83 Å². The average Bonchev–Trinajstić information content (AvgIpc) is 2.33. The van der Waals surface area contributed by atoms with Gasteiger partial charge in [-0.1, -0.05) is 22.0 Å². The van der Waals surface area contributed by atoms with E-state index >= 15 is 0 Å². The summed E-state index contributed by atoms with van der Waals surface area (Å²) < 4.78 is 14.3. The van der Waals surface area contributed by atoms with Crippen LogP contribution in [-0.4, -0.2) is 11.4 Å². The summed E-state index contributed by atoms with van der Waals surface area (Å²) in [5.41, 5.74) is 1.41. The van der Waals surface area contributed by atoms with Gasteiger partial charge in [-0.25, -0.2) is 4.39 Å². The second-order valence-electron chi connectivity index (χ2n) is 3.59. The van der Waals surface area contributed by atoms with E-state index in [0.29, 0.717) is 18.1 Å². The normalized spacial score (nSPS) is 26.6. The van der Waals surface area contributed by atoms with Crippen LogP contribution in [0.3, 0.4) is 0 Å². The summed E-state index contributed by atoms with van der Waals surface area (Å²) in [4.78, 5) is 0. The van der Waals surface area contributed by atoms with Crippen LogP contribution in [0.25, 0.3) is 0 Å². The van der Waals surface area contributed by atoms with Crippen molar-refractivity contribution in [2.24, 2.45) is 16.1 Å². The molecule has 2 aliphatic rings. The van der Waals surface area contributed by atoms with Crippen LogP contribution in [-0.2, 0) is 0 Å². The van der Waals surface area contributed by atoms with Crippen LogP contribution in [0.4, 0.5) is 4.39 Å². The van der Waals surface area contributed by atoms with Crippen molar-refractivity contribution in [3.63, 3.8) is 0 Å². The molecule has 0 aromatic carbocycles. The molecule has 1 atom stereocenters. The fraction of sp³-hybridized carbons (Fsp3) is 0.400. The maximum Gasteiger partial charge on any atom is 0.147 e. The van der Waals surface area contributed by atoms with Crippen molar-refractivity contribution in [3.8, 4) is 0 Å². The summed E-state index contributed by atoms with van der Waals surface area (Å²) in [7, 11) is 0. The van der Waals surface area contributed by atoms with Crippen LogP contribution < -0.4 is 0 Å². The first-order valence-electron chi connectivity index (χ1n) is 4.50. The average molecular weight is 257 g/mol. The van der Waals surface area contributed by atoms with E-state index in [-0.39, 0.29) is 5.83 Å². The quantitative estimate of drug-likeness (QED) is 0.635. The first-order valence-corrected chi connectivity index (χ1v) is 5.29. The molecule has 1 aliphatic heterocycles. The smallest absolute Gasteiger partial charge is 0.147 e. The molecular weight excluding hydrogens is 247 g/mol. The van der Waals surface area contributed by atoms with Crippen LogP contribution >= 0.6 is 15.9 Å². The lowest BCUT2D eigenvalue weighted by atomic mass is 9.97. The van der Waals surface area contributed by atoms with Gasteiger partial charge in [0.2, 0.25) is 0 Å². The molecule has 0 saturated heterocycles. The molecule has 74 valence electrons. The van der Waals surface area contributed by atoms with Crippen LogP contribution in [0.15, 0.2) is 32.7 Å². The number of allylic oxidation sites excluding steroid dienone is 4. The highest BCUT2D eigenvalue weighted by Gasteiger charge is 2.21. The lowest BCUT2D eigenvalue weighted by Crippen LogP contribution is -2.06. The number of hydrogen-bond acceptors (Lipinski definition) is 2. The molecule has 0 fully saturated rings. The molecule has 1 heterocycles. The zero-order chi connectivity index (χ0) is 10.1. The van der Waals surface area contributed by atoms with E-state index in [2.05, 4.69) is 26.1 Å². The van der Waals surface area contributed by atoms with Crippen molar-refractivity contribution < 1.29 is 4.39 Å². The molecule has 2 bridgehead atoms. The fourth-order valence-corrected chi connectivity index (χ4v) is 2.24. The first kappa shape index (κ1) is 9.77. The van der Waals surface area contributed by atoms with Crippen molar-refractivity contribution in [2.45, 2.75) is 19.8 Å². The van der Waals surface area contributed by atoms with Crippen molar-refractivity contribution in [2.75, 3.05) is 0 Å². The lowest BCUT2D eigenvalue weighted by Gasteiger charge is -2.07. The molecule has 0 amide bonds. The molecule has 0 aromatic heterocycles. The van der Waals surface area contributed by atoms with Gasteiger partial charge in [0.15, 0.2) is 0 Å². The highest BCUT2D eigenvalue weighted by molar-refractivity contribution is 9.11. The molecule has 1 aliphatic carbocycles. The van der Waals surface area contributed by atoms with E-state index in [9.17, 15) is 4.39 Å². The third-order valence-corrected chi connectivity index (χ3v) is 2.78. The van der Waals surface area contributed by atoms with Gasteiger partial charge in [-0.3, -0.25) is 0 Å². The Bertz CT molecular complexity index is 380. The molecule has 2 nitrogen and oxygen atoms in total. The Labute approximate surface area is 90.4 Å². The Hall–Kier alpha value is -0.770. The summed E-state index contributed by atoms with van der Waals surface area (Å²) >= 11 is 3.31. The summed E-state index contributed by atoms with van der Waals surface area (Å²) in [6.45, 7) is 1.92. The van der Waals surface area contributed by atoms with Crippen molar-refractivity contribution in [1.29, 1.82) is 0 Å². The molecular formula is C10H10BrFN2. The summed E-state index contributed by atoms with van der Waals surface area (Å²) in [6, 6.07) is 0. The van der Waals surface area contributed by atoms with E-state index in [1.807, 2.05) is 13.0 Å². The standard InChI is InChI=1S/C10H10BrFN2/c1-6-2-7-3-8(11)5-9(12)10(4-7)14-13-6/h3,5,7H,2,4H2,1H3. The maximum atomic E-state index is 13.5. The summed E-state index contributed by atoms with van der Waals surface area (Å²) in [5.74, 6) is 0.0212. The predicted molar refractivity (Wildman–Crippen MR) is 59.5 cm³/mol. The van der Waals surface area contributed by atoms with Crippen LogP contribution in [0, 0.1) is 5.92 Å². The summed E-state index contributed by atoms with van der Waals surface area (Å²) in [6.07, 6.45) is 4.96. The van der Waals surface area contributed by atoms with Crippen molar-refractivity contribution in [3.05, 3.63) is 22.5 Å². The minimum absolute atomic E-state index is 0.283. The van der Waals surface area contributed by atoms with Gasteiger partial charge in [-0.05, 0) is 25.3 Å². The van der Waals surface area contributed by atoms with Crippen molar-refractivity contribution >= 4 is 27.4 Å². The van der Waals surface area contributed by atoms with Gasteiger partial charge >= 0.3 is 0 Å². The van der Waals surface area contributed by atoms with E-state index in [0.717, 1.165) is 16.6 Å². The molecule has 0 N–H and O–H groups in total. The lowest BCUT2D eigenvalue weighted by molar-refractivity contribution is 0.662. The topological polar surface area (TPSA) is 24.7 Å². The van der Waals surface area contributed by atoms with Gasteiger partial charge in [0.25, 0.3) is 0 Å². The number of fused-ring (bicyclic) bond motifs is 2. The third kappa shape index (κ3) is 2.00. The minimum Gasteiger partial charge on any atom is -0.205 e. The van der Waals surface area contributed by atoms with Gasteiger partial charge in [-0.2, -0.15) is 10.2 Å². The molecule has 14 heavy (non-hydrogen) atoms. The fourth-order valence-electron chi connectivity index (χ4n) is 1.67. The SMILES string of the molecule is CC1=NN=C2CC(C=C(Br)C=C2F)C1. The molecule has 0 aromatic rings. The van der Waals surface area contributed by atoms with Gasteiger partial charge in [0.05, 0.1) is 5.71 Å². The molecule has 0 saturated carbocycles. The van der Waals surface area contributed by atoms with E-state index in [1.165, 1.54) is 6.08 Å². The Morgan fingerprint density at radius 3 is 3.00 bits per heavy atom.